The van der Waals surface area contributed by atoms with Crippen LogP contribution in [0.4, 0.5) is 0 Å². The van der Waals surface area contributed by atoms with Crippen LogP contribution in [-0.2, 0) is 14.3 Å². The van der Waals surface area contributed by atoms with Crippen molar-refractivity contribution < 1.29 is 24.2 Å². The molecule has 2 aromatic carbocycles. The van der Waals surface area contributed by atoms with Crippen LogP contribution in [0.2, 0.25) is 0 Å². The number of benzene rings is 2. The molecule has 0 spiro atoms. The van der Waals surface area contributed by atoms with Crippen molar-refractivity contribution in [1.82, 2.24) is 4.90 Å². The van der Waals surface area contributed by atoms with Gasteiger partial charge in [-0.3, -0.25) is 9.59 Å². The highest BCUT2D eigenvalue weighted by atomic mass is 16.5. The molecule has 3 rings (SSSR count). The molecule has 1 amide bonds. The van der Waals surface area contributed by atoms with Gasteiger partial charge in [0.1, 0.15) is 11.5 Å². The highest BCUT2D eigenvalue weighted by Gasteiger charge is 2.46. The molecule has 1 saturated heterocycles. The molecule has 6 heteroatoms. The van der Waals surface area contributed by atoms with Crippen molar-refractivity contribution in [3.63, 3.8) is 0 Å². The van der Waals surface area contributed by atoms with E-state index in [1.807, 2.05) is 51.1 Å². The van der Waals surface area contributed by atoms with Gasteiger partial charge in [0, 0.05) is 6.54 Å². The Hall–Kier alpha value is -3.12. The molecule has 0 radical (unpaired) electrons. The van der Waals surface area contributed by atoms with Crippen LogP contribution in [0.15, 0.2) is 48.0 Å². The molecule has 1 unspecified atom stereocenters. The van der Waals surface area contributed by atoms with E-state index in [1.54, 1.807) is 12.1 Å². The van der Waals surface area contributed by atoms with Gasteiger partial charge in [0.25, 0.3) is 11.7 Å². The van der Waals surface area contributed by atoms with Gasteiger partial charge in [-0.2, -0.15) is 0 Å². The number of aliphatic hydroxyl groups is 1. The molecule has 0 aliphatic carbocycles. The van der Waals surface area contributed by atoms with E-state index in [4.69, 9.17) is 9.47 Å². The third kappa shape index (κ3) is 5.11. The van der Waals surface area contributed by atoms with Crippen molar-refractivity contribution in [3.8, 4) is 5.75 Å². The molecule has 33 heavy (non-hydrogen) atoms. The summed E-state index contributed by atoms with van der Waals surface area (Å²) in [4.78, 5) is 27.7. The Kier molecular flexibility index (Phi) is 7.59. The average molecular weight is 452 g/mol. The van der Waals surface area contributed by atoms with Crippen molar-refractivity contribution in [2.45, 2.75) is 52.7 Å². The molecule has 1 N–H and O–H groups in total. The van der Waals surface area contributed by atoms with E-state index in [9.17, 15) is 14.7 Å². The number of likely N-dealkylation sites (tertiary alicyclic amines) is 1. The molecule has 0 aromatic heterocycles. The summed E-state index contributed by atoms with van der Waals surface area (Å²) < 4.78 is 11.1. The lowest BCUT2D eigenvalue weighted by molar-refractivity contribution is -0.140. The SMILES string of the molecule is COc1ccc(C)cc1/C(O)=C1\C(=O)C(=O)N(CCOC(C)C)C1c1ccc(C(C)C)cc1. The molecule has 0 saturated carbocycles. The van der Waals surface area contributed by atoms with E-state index in [0.717, 1.165) is 16.7 Å². The number of hydrogen-bond donors (Lipinski definition) is 1. The number of ether oxygens (including phenoxy) is 2. The first-order valence-corrected chi connectivity index (χ1v) is 11.3. The van der Waals surface area contributed by atoms with E-state index in [1.165, 1.54) is 12.0 Å². The maximum absolute atomic E-state index is 13.2. The zero-order chi connectivity index (χ0) is 24.3. The van der Waals surface area contributed by atoms with Crippen molar-refractivity contribution in [2.75, 3.05) is 20.3 Å². The number of carbonyl (C=O) groups is 2. The molecule has 1 fully saturated rings. The molecule has 1 atom stereocenters. The first-order chi connectivity index (χ1) is 15.6. The van der Waals surface area contributed by atoms with Gasteiger partial charge in [-0.25, -0.2) is 0 Å². The highest BCUT2D eigenvalue weighted by molar-refractivity contribution is 6.46. The molecule has 1 aliphatic heterocycles. The summed E-state index contributed by atoms with van der Waals surface area (Å²) in [6.45, 7) is 10.5. The summed E-state index contributed by atoms with van der Waals surface area (Å²) in [5.74, 6) is -0.811. The largest absolute Gasteiger partial charge is 0.507 e. The Morgan fingerprint density at radius 3 is 2.30 bits per heavy atom. The van der Waals surface area contributed by atoms with Gasteiger partial charge in [-0.1, -0.05) is 49.7 Å². The zero-order valence-electron chi connectivity index (χ0n) is 20.2. The lowest BCUT2D eigenvalue weighted by Gasteiger charge is -2.26. The fourth-order valence-electron chi connectivity index (χ4n) is 4.06. The highest BCUT2D eigenvalue weighted by Crippen LogP contribution is 2.41. The van der Waals surface area contributed by atoms with Crippen LogP contribution in [0.5, 0.6) is 5.75 Å². The fourth-order valence-corrected chi connectivity index (χ4v) is 4.06. The average Bonchev–Trinajstić information content (AvgIpc) is 3.03. The van der Waals surface area contributed by atoms with Crippen molar-refractivity contribution in [3.05, 3.63) is 70.3 Å². The van der Waals surface area contributed by atoms with E-state index < -0.39 is 17.7 Å². The minimum absolute atomic E-state index is 0.00199. The van der Waals surface area contributed by atoms with Crippen LogP contribution in [-0.4, -0.2) is 48.1 Å². The number of methoxy groups -OCH3 is 1. The van der Waals surface area contributed by atoms with Gasteiger partial charge in [0.05, 0.1) is 37.0 Å². The summed E-state index contributed by atoms with van der Waals surface area (Å²) in [5, 5.41) is 11.3. The van der Waals surface area contributed by atoms with Crippen LogP contribution >= 0.6 is 0 Å². The first kappa shape index (κ1) is 24.5. The third-order valence-corrected chi connectivity index (χ3v) is 5.85. The summed E-state index contributed by atoms with van der Waals surface area (Å²) in [5.41, 5.74) is 3.26. The quantitative estimate of drug-likeness (QED) is 0.348. The van der Waals surface area contributed by atoms with Crippen molar-refractivity contribution >= 4 is 17.4 Å². The lowest BCUT2D eigenvalue weighted by Crippen LogP contribution is -2.33. The number of ketones is 1. The molecule has 1 heterocycles. The summed E-state index contributed by atoms with van der Waals surface area (Å²) in [6.07, 6.45) is 0.00199. The Bertz CT molecular complexity index is 1050. The zero-order valence-corrected chi connectivity index (χ0v) is 20.2. The minimum Gasteiger partial charge on any atom is -0.507 e. The van der Waals surface area contributed by atoms with Crippen molar-refractivity contribution in [2.24, 2.45) is 0 Å². The molecular formula is C27H33NO5. The Labute approximate surface area is 195 Å². The number of aryl methyl sites for hydroxylation is 1. The number of rotatable bonds is 8. The molecule has 176 valence electrons. The molecule has 2 aromatic rings. The summed E-state index contributed by atoms with van der Waals surface area (Å²) in [6, 6.07) is 12.5. The molecule has 6 nitrogen and oxygen atoms in total. The second-order valence-corrected chi connectivity index (χ2v) is 8.94. The van der Waals surface area contributed by atoms with E-state index in [2.05, 4.69) is 13.8 Å². The number of carbonyl (C=O) groups excluding carboxylic acids is 2. The van der Waals surface area contributed by atoms with E-state index in [0.29, 0.717) is 23.8 Å². The normalized spacial score (nSPS) is 17.9. The van der Waals surface area contributed by atoms with Crippen LogP contribution < -0.4 is 4.74 Å². The molecule has 0 bridgehead atoms. The predicted molar refractivity (Wildman–Crippen MR) is 128 cm³/mol. The maximum atomic E-state index is 13.2. The van der Waals surface area contributed by atoms with Crippen LogP contribution in [0.25, 0.3) is 5.76 Å². The second kappa shape index (κ2) is 10.2. The van der Waals surface area contributed by atoms with Crippen LogP contribution in [0.3, 0.4) is 0 Å². The minimum atomic E-state index is -0.716. The van der Waals surface area contributed by atoms with Crippen LogP contribution in [0, 0.1) is 6.92 Å². The Balaban J connectivity index is 2.15. The van der Waals surface area contributed by atoms with E-state index in [-0.39, 0.29) is 24.0 Å². The van der Waals surface area contributed by atoms with Crippen LogP contribution in [0.1, 0.15) is 61.9 Å². The van der Waals surface area contributed by atoms with Gasteiger partial charge in [-0.05, 0) is 49.9 Å². The third-order valence-electron chi connectivity index (χ3n) is 5.85. The lowest BCUT2D eigenvalue weighted by atomic mass is 9.92. The van der Waals surface area contributed by atoms with Gasteiger partial charge in [-0.15, -0.1) is 0 Å². The second-order valence-electron chi connectivity index (χ2n) is 8.94. The summed E-state index contributed by atoms with van der Waals surface area (Å²) >= 11 is 0. The molecular weight excluding hydrogens is 418 g/mol. The van der Waals surface area contributed by atoms with Gasteiger partial charge >= 0.3 is 0 Å². The fraction of sp³-hybridized carbons (Fsp3) is 0.407. The van der Waals surface area contributed by atoms with Gasteiger partial charge in [0.2, 0.25) is 0 Å². The number of nitrogens with zero attached hydrogens (tertiary/aromatic N) is 1. The maximum Gasteiger partial charge on any atom is 0.295 e. The Morgan fingerprint density at radius 1 is 1.06 bits per heavy atom. The number of aliphatic hydroxyl groups excluding tert-OH is 1. The van der Waals surface area contributed by atoms with Gasteiger partial charge < -0.3 is 19.5 Å². The molecule has 1 aliphatic rings. The number of amides is 1. The predicted octanol–water partition coefficient (Wildman–Crippen LogP) is 4.97. The van der Waals surface area contributed by atoms with Crippen molar-refractivity contribution in [1.29, 1.82) is 0 Å². The van der Waals surface area contributed by atoms with Gasteiger partial charge in [0.15, 0.2) is 0 Å². The summed E-state index contributed by atoms with van der Waals surface area (Å²) in [7, 11) is 1.51. The standard InChI is InChI=1S/C27H33NO5/c1-16(2)19-8-10-20(11-9-19)24-23(25(29)21-15-18(5)7-12-22(21)32-6)26(30)27(31)28(24)13-14-33-17(3)4/h7-12,15-17,24,29H,13-14H2,1-6H3/b25-23+. The number of Topliss-reactive ketones (excluding diaryl/α,β-unsaturated/α-hetero) is 1. The topological polar surface area (TPSA) is 76.1 Å². The Morgan fingerprint density at radius 2 is 1.73 bits per heavy atom. The monoisotopic (exact) mass is 451 g/mol. The first-order valence-electron chi connectivity index (χ1n) is 11.3. The van der Waals surface area contributed by atoms with E-state index >= 15 is 0 Å². The number of hydrogen-bond acceptors (Lipinski definition) is 5. The smallest absolute Gasteiger partial charge is 0.295 e.